The number of aryl methyl sites for hydroxylation is 2. The number of nitrogens with one attached hydrogen (secondary N) is 1. The van der Waals surface area contributed by atoms with Crippen molar-refractivity contribution >= 4 is 50.7 Å². The van der Waals surface area contributed by atoms with Crippen molar-refractivity contribution in [3.8, 4) is 0 Å². The topological polar surface area (TPSA) is 86.8 Å². The lowest BCUT2D eigenvalue weighted by Gasteiger charge is -2.35. The minimum absolute atomic E-state index is 0.0155. The van der Waals surface area contributed by atoms with Gasteiger partial charge in [-0.3, -0.25) is 13.9 Å². The van der Waals surface area contributed by atoms with Crippen molar-refractivity contribution in [2.75, 3.05) is 10.8 Å². The summed E-state index contributed by atoms with van der Waals surface area (Å²) < 4.78 is 29.7. The van der Waals surface area contributed by atoms with E-state index in [1.54, 1.807) is 42.5 Å². The van der Waals surface area contributed by atoms with Crippen molar-refractivity contribution in [1.82, 2.24) is 10.2 Å². The van der Waals surface area contributed by atoms with Gasteiger partial charge < -0.3 is 10.2 Å². The Hall–Kier alpha value is -3.85. The normalized spacial score (nSPS) is 14.0. The molecule has 47 heavy (non-hydrogen) atoms. The van der Waals surface area contributed by atoms with Crippen LogP contribution in [0.1, 0.15) is 47.9 Å². The zero-order valence-electron chi connectivity index (χ0n) is 26.5. The highest BCUT2D eigenvalue weighted by Crippen LogP contribution is 2.30. The third-order valence-corrected chi connectivity index (χ3v) is 10.9. The molecule has 1 aliphatic rings. The Morgan fingerprint density at radius 3 is 2.19 bits per heavy atom. The van der Waals surface area contributed by atoms with Gasteiger partial charge in [0, 0.05) is 29.1 Å². The Balaban J connectivity index is 1.60. The molecule has 1 fully saturated rings. The van der Waals surface area contributed by atoms with Crippen LogP contribution in [-0.2, 0) is 32.6 Å². The molecule has 4 aromatic rings. The van der Waals surface area contributed by atoms with E-state index in [1.807, 2.05) is 56.3 Å². The number of hydrogen-bond acceptors (Lipinski definition) is 4. The van der Waals surface area contributed by atoms with Crippen molar-refractivity contribution in [3.05, 3.63) is 129 Å². The summed E-state index contributed by atoms with van der Waals surface area (Å²) >= 11 is 12.8. The zero-order chi connectivity index (χ0) is 33.6. The number of amides is 2. The minimum atomic E-state index is -4.19. The molecule has 4 aromatic carbocycles. The fourth-order valence-electron chi connectivity index (χ4n) is 5.98. The summed E-state index contributed by atoms with van der Waals surface area (Å²) in [6, 6.07) is 27.1. The summed E-state index contributed by atoms with van der Waals surface area (Å²) in [7, 11) is -4.19. The molecule has 0 radical (unpaired) electrons. The number of benzene rings is 4. The average molecular weight is 693 g/mol. The molecule has 1 atom stereocenters. The first-order chi connectivity index (χ1) is 22.5. The van der Waals surface area contributed by atoms with Crippen LogP contribution in [0, 0.1) is 13.8 Å². The molecule has 1 saturated carbocycles. The predicted octanol–water partition coefficient (Wildman–Crippen LogP) is 7.50. The largest absolute Gasteiger partial charge is 0.352 e. The summed E-state index contributed by atoms with van der Waals surface area (Å²) in [6.07, 6.45) is 4.02. The Morgan fingerprint density at radius 1 is 0.872 bits per heavy atom. The molecule has 1 aliphatic carbocycles. The van der Waals surface area contributed by atoms with E-state index in [4.69, 9.17) is 23.2 Å². The highest BCUT2D eigenvalue weighted by atomic mass is 35.5. The van der Waals surface area contributed by atoms with Crippen molar-refractivity contribution in [1.29, 1.82) is 0 Å². The van der Waals surface area contributed by atoms with Gasteiger partial charge in [-0.2, -0.15) is 0 Å². The summed E-state index contributed by atoms with van der Waals surface area (Å²) in [5.74, 6) is -0.831. The highest BCUT2D eigenvalue weighted by molar-refractivity contribution is 7.92. The smallest absolute Gasteiger partial charge is 0.264 e. The van der Waals surface area contributed by atoms with Crippen molar-refractivity contribution in [2.45, 2.75) is 69.5 Å². The van der Waals surface area contributed by atoms with Gasteiger partial charge in [-0.25, -0.2) is 8.42 Å². The fourth-order valence-corrected chi connectivity index (χ4v) is 7.94. The minimum Gasteiger partial charge on any atom is -0.352 e. The Morgan fingerprint density at radius 2 is 1.53 bits per heavy atom. The van der Waals surface area contributed by atoms with Gasteiger partial charge in [0.05, 0.1) is 10.6 Å². The molecule has 0 saturated heterocycles. The van der Waals surface area contributed by atoms with Gasteiger partial charge in [-0.05, 0) is 79.3 Å². The van der Waals surface area contributed by atoms with Crippen molar-refractivity contribution in [3.63, 3.8) is 0 Å². The SMILES string of the molecule is Cc1ccc(C)c(N(CC(=O)N(Cc2ccc(Cl)cc2Cl)[C@@H](Cc2ccccc2)C(=O)NC2CCCC2)S(=O)(=O)c2ccccc2)c1. The molecule has 246 valence electrons. The lowest BCUT2D eigenvalue weighted by Crippen LogP contribution is -2.54. The van der Waals surface area contributed by atoms with E-state index in [0.29, 0.717) is 26.9 Å². The van der Waals surface area contributed by atoms with Gasteiger partial charge >= 0.3 is 0 Å². The summed E-state index contributed by atoms with van der Waals surface area (Å²) in [5.41, 5.74) is 3.37. The summed E-state index contributed by atoms with van der Waals surface area (Å²) in [5, 5.41) is 3.96. The van der Waals surface area contributed by atoms with Gasteiger partial charge in [-0.1, -0.05) is 103 Å². The number of nitrogens with zero attached hydrogens (tertiary/aromatic N) is 2. The first-order valence-electron chi connectivity index (χ1n) is 15.8. The average Bonchev–Trinajstić information content (AvgIpc) is 3.57. The summed E-state index contributed by atoms with van der Waals surface area (Å²) in [4.78, 5) is 30.4. The second-order valence-corrected chi connectivity index (χ2v) is 14.8. The molecule has 0 aromatic heterocycles. The third kappa shape index (κ3) is 8.55. The van der Waals surface area contributed by atoms with Crippen molar-refractivity contribution < 1.29 is 18.0 Å². The number of carbonyl (C=O) groups is 2. The molecule has 5 rings (SSSR count). The van der Waals surface area contributed by atoms with Gasteiger partial charge in [0.2, 0.25) is 11.8 Å². The number of anilines is 1. The number of sulfonamides is 1. The van der Waals surface area contributed by atoms with Crippen LogP contribution in [0.3, 0.4) is 0 Å². The van der Waals surface area contributed by atoms with Gasteiger partial charge in [0.25, 0.3) is 10.0 Å². The maximum absolute atomic E-state index is 14.7. The van der Waals surface area contributed by atoms with Crippen molar-refractivity contribution in [2.24, 2.45) is 0 Å². The Kier molecular flexibility index (Phi) is 11.3. The lowest BCUT2D eigenvalue weighted by atomic mass is 10.0. The monoisotopic (exact) mass is 691 g/mol. The van der Waals surface area contributed by atoms with Crippen LogP contribution < -0.4 is 9.62 Å². The molecule has 7 nitrogen and oxygen atoms in total. The van der Waals surface area contributed by atoms with Gasteiger partial charge in [0.1, 0.15) is 12.6 Å². The molecule has 0 heterocycles. The van der Waals surface area contributed by atoms with Gasteiger partial charge in [-0.15, -0.1) is 0 Å². The number of hydrogen-bond donors (Lipinski definition) is 1. The first kappa shape index (κ1) is 34.5. The standard InChI is InChI=1S/C37H39Cl2N3O4S/c1-26-17-18-27(2)34(21-26)42(47(45,46)32-15-7-4-8-16-32)25-36(43)41(24-29-19-20-30(38)23-33(29)39)35(22-28-11-5-3-6-12-28)37(44)40-31-13-9-10-14-31/h3-8,11-12,15-21,23,31,35H,9-10,13-14,22,24-25H2,1-2H3,(H,40,44)/t35-/m0/s1. The molecular weight excluding hydrogens is 653 g/mol. The molecule has 0 unspecified atom stereocenters. The molecule has 0 bridgehead atoms. The van der Waals surface area contributed by atoms with E-state index >= 15 is 0 Å². The van der Waals surface area contributed by atoms with E-state index in [0.717, 1.165) is 41.1 Å². The summed E-state index contributed by atoms with van der Waals surface area (Å²) in [6.45, 7) is 3.12. The maximum Gasteiger partial charge on any atom is 0.264 e. The van der Waals surface area contributed by atoms with E-state index in [9.17, 15) is 18.0 Å². The molecule has 10 heteroatoms. The quantitative estimate of drug-likeness (QED) is 0.167. The molecule has 0 spiro atoms. The van der Waals surface area contributed by atoms with Crippen LogP contribution in [0.2, 0.25) is 10.0 Å². The zero-order valence-corrected chi connectivity index (χ0v) is 28.9. The molecular formula is C37H39Cl2N3O4S. The second-order valence-electron chi connectivity index (χ2n) is 12.1. The van der Waals surface area contributed by atoms with Crippen LogP contribution in [0.15, 0.2) is 102 Å². The predicted molar refractivity (Wildman–Crippen MR) is 188 cm³/mol. The number of carbonyl (C=O) groups excluding carboxylic acids is 2. The second kappa shape index (κ2) is 15.4. The maximum atomic E-state index is 14.7. The number of rotatable bonds is 12. The molecule has 1 N–H and O–H groups in total. The van der Waals surface area contributed by atoms with Crippen LogP contribution in [0.5, 0.6) is 0 Å². The van der Waals surface area contributed by atoms with E-state index in [1.165, 1.54) is 17.0 Å². The van der Waals surface area contributed by atoms with E-state index < -0.39 is 28.5 Å². The van der Waals surface area contributed by atoms with Crippen LogP contribution in [-0.4, -0.2) is 43.8 Å². The Bertz CT molecular complexity index is 1810. The van der Waals surface area contributed by atoms with Crippen LogP contribution in [0.4, 0.5) is 5.69 Å². The van der Waals surface area contributed by atoms with Crippen LogP contribution in [0.25, 0.3) is 0 Å². The first-order valence-corrected chi connectivity index (χ1v) is 18.0. The molecule has 0 aliphatic heterocycles. The van der Waals surface area contributed by atoms with E-state index in [-0.39, 0.29) is 29.8 Å². The molecule has 2 amide bonds. The third-order valence-electron chi connectivity index (χ3n) is 8.57. The number of halogens is 2. The lowest BCUT2D eigenvalue weighted by molar-refractivity contribution is -0.140. The van der Waals surface area contributed by atoms with Crippen LogP contribution >= 0.6 is 23.2 Å². The van der Waals surface area contributed by atoms with E-state index in [2.05, 4.69) is 5.32 Å². The highest BCUT2D eigenvalue weighted by Gasteiger charge is 2.36. The van der Waals surface area contributed by atoms with Gasteiger partial charge in [0.15, 0.2) is 0 Å². The fraction of sp³-hybridized carbons (Fsp3) is 0.297. The Labute approximate surface area is 287 Å².